The van der Waals surface area contributed by atoms with Crippen LogP contribution in [0.2, 0.25) is 0 Å². The Bertz CT molecular complexity index is 203. The van der Waals surface area contributed by atoms with Gasteiger partial charge in [-0.2, -0.15) is 0 Å². The van der Waals surface area contributed by atoms with Gasteiger partial charge in [-0.05, 0) is 45.6 Å². The molecule has 0 amide bonds. The Morgan fingerprint density at radius 3 is 2.28 bits per heavy atom. The summed E-state index contributed by atoms with van der Waals surface area (Å²) in [4.78, 5) is 0. The second-order valence-electron chi connectivity index (χ2n) is 6.49. The van der Waals surface area contributed by atoms with Crippen LogP contribution in [0.4, 0.5) is 0 Å². The molecule has 2 nitrogen and oxygen atoms in total. The zero-order valence-electron chi connectivity index (χ0n) is 12.2. The molecule has 1 saturated heterocycles. The third-order valence-electron chi connectivity index (χ3n) is 4.68. The highest BCUT2D eigenvalue weighted by atomic mass is 15.0. The SMILES string of the molecule is CC(CC1CCCCN1)NC1CCCCCCC1. The molecular formula is C16H32N2. The number of rotatable bonds is 4. The van der Waals surface area contributed by atoms with Crippen molar-refractivity contribution in [3.63, 3.8) is 0 Å². The first-order valence-electron chi connectivity index (χ1n) is 8.34. The number of hydrogen-bond donors (Lipinski definition) is 2. The van der Waals surface area contributed by atoms with E-state index >= 15 is 0 Å². The third-order valence-corrected chi connectivity index (χ3v) is 4.68. The van der Waals surface area contributed by atoms with Crippen molar-refractivity contribution in [2.75, 3.05) is 6.54 Å². The highest BCUT2D eigenvalue weighted by molar-refractivity contribution is 4.80. The van der Waals surface area contributed by atoms with Gasteiger partial charge < -0.3 is 10.6 Å². The van der Waals surface area contributed by atoms with Crippen LogP contribution < -0.4 is 10.6 Å². The fraction of sp³-hybridized carbons (Fsp3) is 1.00. The van der Waals surface area contributed by atoms with Gasteiger partial charge >= 0.3 is 0 Å². The van der Waals surface area contributed by atoms with Crippen molar-refractivity contribution in [3.05, 3.63) is 0 Å². The zero-order valence-corrected chi connectivity index (χ0v) is 12.2. The third kappa shape index (κ3) is 5.27. The largest absolute Gasteiger partial charge is 0.314 e. The molecule has 0 spiro atoms. The van der Waals surface area contributed by atoms with Crippen molar-refractivity contribution in [1.82, 2.24) is 10.6 Å². The molecule has 1 heterocycles. The van der Waals surface area contributed by atoms with Crippen LogP contribution in [-0.2, 0) is 0 Å². The van der Waals surface area contributed by atoms with Crippen LogP contribution in [0.15, 0.2) is 0 Å². The lowest BCUT2D eigenvalue weighted by molar-refractivity contribution is 0.306. The van der Waals surface area contributed by atoms with Gasteiger partial charge in [0.2, 0.25) is 0 Å². The smallest absolute Gasteiger partial charge is 0.00817 e. The predicted octanol–water partition coefficient (Wildman–Crippen LogP) is 3.61. The monoisotopic (exact) mass is 252 g/mol. The molecule has 2 unspecified atom stereocenters. The van der Waals surface area contributed by atoms with E-state index < -0.39 is 0 Å². The molecule has 2 aliphatic rings. The Kier molecular flexibility index (Phi) is 6.50. The molecule has 2 rings (SSSR count). The van der Waals surface area contributed by atoms with Crippen LogP contribution in [-0.4, -0.2) is 24.7 Å². The van der Waals surface area contributed by atoms with Gasteiger partial charge in [0.25, 0.3) is 0 Å². The molecule has 0 aromatic carbocycles. The van der Waals surface area contributed by atoms with E-state index in [1.165, 1.54) is 77.2 Å². The fourth-order valence-electron chi connectivity index (χ4n) is 3.65. The second kappa shape index (κ2) is 8.16. The minimum absolute atomic E-state index is 0.685. The first-order valence-corrected chi connectivity index (χ1v) is 8.34. The standard InChI is InChI=1S/C16H32N2/c1-14(13-16-11-7-8-12-17-16)18-15-9-5-3-2-4-6-10-15/h14-18H,2-13H2,1H3. The highest BCUT2D eigenvalue weighted by Crippen LogP contribution is 2.18. The van der Waals surface area contributed by atoms with Crippen LogP contribution in [0.5, 0.6) is 0 Å². The molecule has 2 fully saturated rings. The van der Waals surface area contributed by atoms with Crippen LogP contribution in [0, 0.1) is 0 Å². The van der Waals surface area contributed by atoms with Crippen LogP contribution >= 0.6 is 0 Å². The van der Waals surface area contributed by atoms with E-state index in [1.807, 2.05) is 0 Å². The summed E-state index contributed by atoms with van der Waals surface area (Å²) in [6.45, 7) is 3.62. The first kappa shape index (κ1) is 14.3. The van der Waals surface area contributed by atoms with Gasteiger partial charge in [0.05, 0.1) is 0 Å². The highest BCUT2D eigenvalue weighted by Gasteiger charge is 2.18. The quantitative estimate of drug-likeness (QED) is 0.798. The van der Waals surface area contributed by atoms with Crippen LogP contribution in [0.25, 0.3) is 0 Å². The van der Waals surface area contributed by atoms with Crippen molar-refractivity contribution in [1.29, 1.82) is 0 Å². The molecule has 0 radical (unpaired) electrons. The summed E-state index contributed by atoms with van der Waals surface area (Å²) in [5.74, 6) is 0. The normalized spacial score (nSPS) is 29.5. The summed E-state index contributed by atoms with van der Waals surface area (Å²) in [7, 11) is 0. The lowest BCUT2D eigenvalue weighted by atomic mass is 9.94. The molecule has 0 aromatic heterocycles. The summed E-state index contributed by atoms with van der Waals surface area (Å²) in [6.07, 6.45) is 15.6. The molecule has 0 bridgehead atoms. The molecule has 1 saturated carbocycles. The summed E-state index contributed by atoms with van der Waals surface area (Å²) in [5, 5.41) is 7.56. The molecule has 18 heavy (non-hydrogen) atoms. The average Bonchev–Trinajstić information content (AvgIpc) is 2.34. The number of hydrogen-bond acceptors (Lipinski definition) is 2. The van der Waals surface area contributed by atoms with E-state index in [-0.39, 0.29) is 0 Å². The Balaban J connectivity index is 1.66. The average molecular weight is 252 g/mol. The zero-order chi connectivity index (χ0) is 12.6. The number of nitrogens with one attached hydrogen (secondary N) is 2. The van der Waals surface area contributed by atoms with E-state index in [2.05, 4.69) is 17.6 Å². The van der Waals surface area contributed by atoms with E-state index in [9.17, 15) is 0 Å². The maximum atomic E-state index is 3.89. The van der Waals surface area contributed by atoms with Gasteiger partial charge in [0, 0.05) is 18.1 Å². The minimum atomic E-state index is 0.685. The Morgan fingerprint density at radius 2 is 1.61 bits per heavy atom. The van der Waals surface area contributed by atoms with Gasteiger partial charge in [0.15, 0.2) is 0 Å². The van der Waals surface area contributed by atoms with E-state index in [1.54, 1.807) is 0 Å². The lowest BCUT2D eigenvalue weighted by Gasteiger charge is -2.30. The minimum Gasteiger partial charge on any atom is -0.314 e. The maximum absolute atomic E-state index is 3.89. The van der Waals surface area contributed by atoms with Crippen molar-refractivity contribution in [3.8, 4) is 0 Å². The molecule has 2 N–H and O–H groups in total. The molecular weight excluding hydrogens is 220 g/mol. The summed E-state index contributed by atoms with van der Waals surface area (Å²) in [6, 6.07) is 2.25. The molecule has 2 atom stereocenters. The summed E-state index contributed by atoms with van der Waals surface area (Å²) >= 11 is 0. The molecule has 0 aromatic rings. The topological polar surface area (TPSA) is 24.1 Å². The van der Waals surface area contributed by atoms with Crippen molar-refractivity contribution in [2.45, 2.75) is 95.7 Å². The second-order valence-corrected chi connectivity index (χ2v) is 6.49. The van der Waals surface area contributed by atoms with Gasteiger partial charge in [0.1, 0.15) is 0 Å². The molecule has 1 aliphatic carbocycles. The Labute approximate surface area is 113 Å². The van der Waals surface area contributed by atoms with Crippen LogP contribution in [0.1, 0.15) is 77.6 Å². The van der Waals surface area contributed by atoms with Crippen molar-refractivity contribution < 1.29 is 0 Å². The van der Waals surface area contributed by atoms with Crippen molar-refractivity contribution >= 4 is 0 Å². The Hall–Kier alpha value is -0.0800. The van der Waals surface area contributed by atoms with E-state index in [4.69, 9.17) is 0 Å². The van der Waals surface area contributed by atoms with E-state index in [0.29, 0.717) is 6.04 Å². The Morgan fingerprint density at radius 1 is 0.944 bits per heavy atom. The fourth-order valence-corrected chi connectivity index (χ4v) is 3.65. The van der Waals surface area contributed by atoms with Gasteiger partial charge in [-0.25, -0.2) is 0 Å². The van der Waals surface area contributed by atoms with E-state index in [0.717, 1.165) is 12.1 Å². The summed E-state index contributed by atoms with van der Waals surface area (Å²) in [5.41, 5.74) is 0. The first-order chi connectivity index (χ1) is 8.84. The van der Waals surface area contributed by atoms with Crippen molar-refractivity contribution in [2.24, 2.45) is 0 Å². The lowest BCUT2D eigenvalue weighted by Crippen LogP contribution is -2.43. The molecule has 106 valence electrons. The number of piperidine rings is 1. The molecule has 1 aliphatic heterocycles. The summed E-state index contributed by atoms with van der Waals surface area (Å²) < 4.78 is 0. The van der Waals surface area contributed by atoms with Gasteiger partial charge in [-0.1, -0.05) is 38.5 Å². The van der Waals surface area contributed by atoms with Gasteiger partial charge in [-0.15, -0.1) is 0 Å². The predicted molar refractivity (Wildman–Crippen MR) is 79.0 cm³/mol. The maximum Gasteiger partial charge on any atom is 0.00817 e. The molecule has 2 heteroatoms. The van der Waals surface area contributed by atoms with Crippen LogP contribution in [0.3, 0.4) is 0 Å². The van der Waals surface area contributed by atoms with Gasteiger partial charge in [-0.3, -0.25) is 0 Å².